The number of nitrogens with two attached hydrogens (primary N) is 1. The highest BCUT2D eigenvalue weighted by Gasteiger charge is 2.14. The van der Waals surface area contributed by atoms with Crippen molar-refractivity contribution in [2.24, 2.45) is 5.73 Å². The molecule has 0 radical (unpaired) electrons. The first-order valence-corrected chi connectivity index (χ1v) is 5.60. The van der Waals surface area contributed by atoms with Crippen molar-refractivity contribution in [2.75, 3.05) is 13.6 Å². The SMILES string of the molecule is CN(CCc1ccccc1Br)C(=O)C(N)=O. The lowest BCUT2D eigenvalue weighted by Gasteiger charge is -2.15. The van der Waals surface area contributed by atoms with Crippen LogP contribution >= 0.6 is 15.9 Å². The molecule has 2 amide bonds. The van der Waals surface area contributed by atoms with E-state index in [2.05, 4.69) is 15.9 Å². The number of benzene rings is 1. The largest absolute Gasteiger partial charge is 0.361 e. The molecule has 0 saturated carbocycles. The molecule has 4 nitrogen and oxygen atoms in total. The van der Waals surface area contributed by atoms with Gasteiger partial charge < -0.3 is 10.6 Å². The summed E-state index contributed by atoms with van der Waals surface area (Å²) in [7, 11) is 1.56. The third kappa shape index (κ3) is 3.34. The Morgan fingerprint density at radius 2 is 2.00 bits per heavy atom. The monoisotopic (exact) mass is 284 g/mol. The second kappa shape index (κ2) is 5.65. The molecule has 0 aliphatic carbocycles. The quantitative estimate of drug-likeness (QED) is 0.840. The van der Waals surface area contributed by atoms with E-state index in [0.717, 1.165) is 10.0 Å². The molecule has 0 spiro atoms. The Hall–Kier alpha value is -1.36. The highest BCUT2D eigenvalue weighted by atomic mass is 79.9. The number of likely N-dealkylation sites (N-methyl/N-ethyl adjacent to an activating group) is 1. The second-order valence-electron chi connectivity index (χ2n) is 3.43. The van der Waals surface area contributed by atoms with E-state index >= 15 is 0 Å². The van der Waals surface area contributed by atoms with Gasteiger partial charge in [0.25, 0.3) is 0 Å². The number of carbonyl (C=O) groups is 2. The highest BCUT2D eigenvalue weighted by molar-refractivity contribution is 9.10. The van der Waals surface area contributed by atoms with E-state index in [9.17, 15) is 9.59 Å². The molecule has 0 aliphatic heterocycles. The molecular weight excluding hydrogens is 272 g/mol. The average molecular weight is 285 g/mol. The minimum Gasteiger partial charge on any atom is -0.361 e. The smallest absolute Gasteiger partial charge is 0.311 e. The summed E-state index contributed by atoms with van der Waals surface area (Å²) < 4.78 is 0.995. The number of halogens is 1. The molecule has 1 rings (SSSR count). The van der Waals surface area contributed by atoms with Crippen LogP contribution in [0.1, 0.15) is 5.56 Å². The summed E-state index contributed by atoms with van der Waals surface area (Å²) in [5, 5.41) is 0. The summed E-state index contributed by atoms with van der Waals surface area (Å²) in [5.41, 5.74) is 5.99. The second-order valence-corrected chi connectivity index (χ2v) is 4.29. The summed E-state index contributed by atoms with van der Waals surface area (Å²) in [6.07, 6.45) is 0.678. The Kier molecular flexibility index (Phi) is 4.49. The zero-order valence-corrected chi connectivity index (χ0v) is 10.5. The van der Waals surface area contributed by atoms with E-state index in [1.165, 1.54) is 4.90 Å². The van der Waals surface area contributed by atoms with Crippen LogP contribution in [0.5, 0.6) is 0 Å². The van der Waals surface area contributed by atoms with Gasteiger partial charge in [-0.1, -0.05) is 34.1 Å². The van der Waals surface area contributed by atoms with Crippen molar-refractivity contribution in [1.29, 1.82) is 0 Å². The van der Waals surface area contributed by atoms with Gasteiger partial charge in [-0.15, -0.1) is 0 Å². The van der Waals surface area contributed by atoms with Crippen LogP contribution in [0, 0.1) is 0 Å². The summed E-state index contributed by atoms with van der Waals surface area (Å²) >= 11 is 3.42. The molecular formula is C11H13BrN2O2. The van der Waals surface area contributed by atoms with E-state index < -0.39 is 11.8 Å². The topological polar surface area (TPSA) is 63.4 Å². The van der Waals surface area contributed by atoms with Gasteiger partial charge in [0.1, 0.15) is 0 Å². The van der Waals surface area contributed by atoms with Crippen LogP contribution < -0.4 is 5.73 Å². The molecule has 0 bridgehead atoms. The number of primary amides is 1. The molecule has 0 aromatic heterocycles. The molecule has 86 valence electrons. The molecule has 16 heavy (non-hydrogen) atoms. The van der Waals surface area contributed by atoms with E-state index in [-0.39, 0.29) is 0 Å². The summed E-state index contributed by atoms with van der Waals surface area (Å²) in [5.74, 6) is -1.58. The van der Waals surface area contributed by atoms with Crippen molar-refractivity contribution in [3.63, 3.8) is 0 Å². The molecule has 0 fully saturated rings. The summed E-state index contributed by atoms with van der Waals surface area (Å²) in [6.45, 7) is 0.463. The lowest BCUT2D eigenvalue weighted by molar-refractivity contribution is -0.143. The van der Waals surface area contributed by atoms with Gasteiger partial charge in [-0.2, -0.15) is 0 Å². The number of nitrogens with zero attached hydrogens (tertiary/aromatic N) is 1. The third-order valence-electron chi connectivity index (χ3n) is 2.23. The van der Waals surface area contributed by atoms with Crippen molar-refractivity contribution in [1.82, 2.24) is 4.90 Å². The van der Waals surface area contributed by atoms with Crippen LogP contribution in [0.2, 0.25) is 0 Å². The molecule has 1 aromatic carbocycles. The molecule has 5 heteroatoms. The third-order valence-corrected chi connectivity index (χ3v) is 3.01. The van der Waals surface area contributed by atoms with Crippen LogP contribution in [0.4, 0.5) is 0 Å². The van der Waals surface area contributed by atoms with Crippen molar-refractivity contribution in [2.45, 2.75) is 6.42 Å². The number of amides is 2. The number of hydrogen-bond donors (Lipinski definition) is 1. The van der Waals surface area contributed by atoms with Gasteiger partial charge in [0, 0.05) is 18.1 Å². The fourth-order valence-electron chi connectivity index (χ4n) is 1.28. The average Bonchev–Trinajstić information content (AvgIpc) is 2.26. The molecule has 0 heterocycles. The lowest BCUT2D eigenvalue weighted by atomic mass is 10.1. The minimum atomic E-state index is -0.922. The molecule has 0 aliphatic rings. The summed E-state index contributed by atoms with van der Waals surface area (Å²) in [4.78, 5) is 23.2. The van der Waals surface area contributed by atoms with Crippen LogP contribution in [-0.2, 0) is 16.0 Å². The lowest BCUT2D eigenvalue weighted by Crippen LogP contribution is -2.38. The Labute approximate surface area is 103 Å². The standard InChI is InChI=1S/C11H13BrN2O2/c1-14(11(16)10(13)15)7-6-8-4-2-3-5-9(8)12/h2-5H,6-7H2,1H3,(H2,13,15). The van der Waals surface area contributed by atoms with E-state index in [1.54, 1.807) is 7.05 Å². The van der Waals surface area contributed by atoms with Gasteiger partial charge in [-0.3, -0.25) is 9.59 Å². The van der Waals surface area contributed by atoms with Crippen molar-refractivity contribution in [3.8, 4) is 0 Å². The van der Waals surface area contributed by atoms with E-state index in [1.807, 2.05) is 24.3 Å². The van der Waals surface area contributed by atoms with Gasteiger partial charge in [0.05, 0.1) is 0 Å². The van der Waals surface area contributed by atoms with Crippen LogP contribution in [0.15, 0.2) is 28.7 Å². The van der Waals surface area contributed by atoms with Crippen molar-refractivity contribution in [3.05, 3.63) is 34.3 Å². The molecule has 1 aromatic rings. The molecule has 0 saturated heterocycles. The van der Waals surface area contributed by atoms with Crippen molar-refractivity contribution >= 4 is 27.7 Å². The van der Waals surface area contributed by atoms with Gasteiger partial charge in [-0.05, 0) is 18.1 Å². The molecule has 0 unspecified atom stereocenters. The van der Waals surface area contributed by atoms with E-state index in [0.29, 0.717) is 13.0 Å². The van der Waals surface area contributed by atoms with Gasteiger partial charge >= 0.3 is 11.8 Å². The Bertz CT molecular complexity index is 407. The number of rotatable bonds is 3. The first-order chi connectivity index (χ1) is 7.52. The van der Waals surface area contributed by atoms with Gasteiger partial charge in [-0.25, -0.2) is 0 Å². The normalized spacial score (nSPS) is 9.88. The van der Waals surface area contributed by atoms with Crippen LogP contribution in [-0.4, -0.2) is 30.3 Å². The van der Waals surface area contributed by atoms with Crippen molar-refractivity contribution < 1.29 is 9.59 Å². The van der Waals surface area contributed by atoms with Crippen LogP contribution in [0.3, 0.4) is 0 Å². The molecule has 0 atom stereocenters. The maximum Gasteiger partial charge on any atom is 0.311 e. The Morgan fingerprint density at radius 1 is 1.38 bits per heavy atom. The fourth-order valence-corrected chi connectivity index (χ4v) is 1.76. The Balaban J connectivity index is 2.55. The van der Waals surface area contributed by atoms with Gasteiger partial charge in [0.15, 0.2) is 0 Å². The maximum absolute atomic E-state index is 11.2. The number of hydrogen-bond acceptors (Lipinski definition) is 2. The zero-order chi connectivity index (χ0) is 12.1. The summed E-state index contributed by atoms with van der Waals surface area (Å²) in [6, 6.07) is 7.75. The highest BCUT2D eigenvalue weighted by Crippen LogP contribution is 2.16. The van der Waals surface area contributed by atoms with Crippen LogP contribution in [0.25, 0.3) is 0 Å². The molecule has 2 N–H and O–H groups in total. The van der Waals surface area contributed by atoms with Gasteiger partial charge in [0.2, 0.25) is 0 Å². The predicted molar refractivity (Wildman–Crippen MR) is 64.7 cm³/mol. The minimum absolute atomic E-state index is 0.463. The number of carbonyl (C=O) groups excluding carboxylic acids is 2. The predicted octanol–water partition coefficient (Wildman–Crippen LogP) is 0.935. The zero-order valence-electron chi connectivity index (χ0n) is 8.94. The van der Waals surface area contributed by atoms with E-state index in [4.69, 9.17) is 5.73 Å². The fraction of sp³-hybridized carbons (Fsp3) is 0.273. The first kappa shape index (κ1) is 12.7. The Morgan fingerprint density at radius 3 is 2.56 bits per heavy atom. The maximum atomic E-state index is 11.2. The first-order valence-electron chi connectivity index (χ1n) is 4.80.